The maximum Gasteiger partial charge on any atom is 0.224 e. The van der Waals surface area contributed by atoms with E-state index in [1.807, 2.05) is 40.6 Å². The van der Waals surface area contributed by atoms with Crippen molar-refractivity contribution >= 4 is 33.2 Å². The van der Waals surface area contributed by atoms with Gasteiger partial charge < -0.3 is 14.8 Å². The fourth-order valence-corrected chi connectivity index (χ4v) is 5.49. The lowest BCUT2D eigenvalue weighted by atomic mass is 10.1. The molecule has 6 heteroatoms. The molecule has 0 aliphatic carbocycles. The Morgan fingerprint density at radius 2 is 2.22 bits per heavy atom. The van der Waals surface area contributed by atoms with Crippen molar-refractivity contribution in [2.45, 2.75) is 44.3 Å². The third-order valence-electron chi connectivity index (χ3n) is 3.65. The van der Waals surface area contributed by atoms with Crippen molar-refractivity contribution in [2.24, 2.45) is 0 Å². The quantitative estimate of drug-likeness (QED) is 0.512. The SMILES string of the molecule is CCOc1ccc(NC(=O)CCCCC2CCSS2)cc1OC. The number of rotatable bonds is 9. The van der Waals surface area contributed by atoms with Gasteiger partial charge in [0.1, 0.15) is 0 Å². The van der Waals surface area contributed by atoms with Crippen LogP contribution >= 0.6 is 21.6 Å². The van der Waals surface area contributed by atoms with Gasteiger partial charge in [-0.25, -0.2) is 0 Å². The highest BCUT2D eigenvalue weighted by molar-refractivity contribution is 8.77. The molecule has 128 valence electrons. The lowest BCUT2D eigenvalue weighted by Crippen LogP contribution is -2.11. The minimum Gasteiger partial charge on any atom is -0.493 e. The second kappa shape index (κ2) is 9.98. The molecule has 0 saturated carbocycles. The first kappa shape index (κ1) is 18.3. The van der Waals surface area contributed by atoms with Gasteiger partial charge in [0.15, 0.2) is 11.5 Å². The average Bonchev–Trinajstić information content (AvgIpc) is 3.06. The van der Waals surface area contributed by atoms with Crippen LogP contribution in [-0.4, -0.2) is 30.6 Å². The molecule has 1 fully saturated rings. The maximum absolute atomic E-state index is 12.0. The van der Waals surface area contributed by atoms with Crippen molar-refractivity contribution in [2.75, 3.05) is 24.8 Å². The molecule has 1 N–H and O–H groups in total. The first-order valence-electron chi connectivity index (χ1n) is 8.12. The molecule has 1 aromatic carbocycles. The van der Waals surface area contributed by atoms with Crippen LogP contribution in [0.3, 0.4) is 0 Å². The van der Waals surface area contributed by atoms with Crippen LogP contribution in [0.2, 0.25) is 0 Å². The van der Waals surface area contributed by atoms with Crippen molar-refractivity contribution in [1.82, 2.24) is 0 Å². The zero-order valence-corrected chi connectivity index (χ0v) is 15.4. The van der Waals surface area contributed by atoms with Gasteiger partial charge >= 0.3 is 0 Å². The van der Waals surface area contributed by atoms with Crippen LogP contribution in [0.25, 0.3) is 0 Å². The zero-order chi connectivity index (χ0) is 16.5. The molecule has 0 radical (unpaired) electrons. The Morgan fingerprint density at radius 3 is 2.91 bits per heavy atom. The van der Waals surface area contributed by atoms with E-state index in [9.17, 15) is 4.79 Å². The van der Waals surface area contributed by atoms with Gasteiger partial charge in [0, 0.05) is 29.2 Å². The van der Waals surface area contributed by atoms with Crippen LogP contribution in [0.1, 0.15) is 39.0 Å². The monoisotopic (exact) mass is 355 g/mol. The van der Waals surface area contributed by atoms with E-state index in [1.54, 1.807) is 13.2 Å². The summed E-state index contributed by atoms with van der Waals surface area (Å²) >= 11 is 0. The number of benzene rings is 1. The summed E-state index contributed by atoms with van der Waals surface area (Å²) in [7, 11) is 5.58. The van der Waals surface area contributed by atoms with E-state index >= 15 is 0 Å². The number of amides is 1. The van der Waals surface area contributed by atoms with Crippen LogP contribution in [0.4, 0.5) is 5.69 Å². The Kier molecular flexibility index (Phi) is 7.95. The van der Waals surface area contributed by atoms with Gasteiger partial charge in [-0.3, -0.25) is 4.79 Å². The smallest absolute Gasteiger partial charge is 0.224 e. The van der Waals surface area contributed by atoms with Crippen LogP contribution in [-0.2, 0) is 4.79 Å². The molecule has 1 heterocycles. The number of hydrogen-bond donors (Lipinski definition) is 1. The van der Waals surface area contributed by atoms with Gasteiger partial charge in [-0.05, 0) is 38.3 Å². The molecule has 0 aromatic heterocycles. The Hall–Kier alpha value is -1.01. The third kappa shape index (κ3) is 6.18. The number of carbonyl (C=O) groups is 1. The number of anilines is 1. The Balaban J connectivity index is 1.73. The second-order valence-electron chi connectivity index (χ2n) is 5.42. The molecule has 1 unspecified atom stereocenters. The Labute approximate surface area is 146 Å². The summed E-state index contributed by atoms with van der Waals surface area (Å²) in [6.07, 6.45) is 5.18. The molecule has 1 amide bonds. The number of unbranched alkanes of at least 4 members (excludes halogenated alkanes) is 1. The van der Waals surface area contributed by atoms with Crippen molar-refractivity contribution < 1.29 is 14.3 Å². The van der Waals surface area contributed by atoms with Crippen LogP contribution < -0.4 is 14.8 Å². The summed E-state index contributed by atoms with van der Waals surface area (Å²) in [5.41, 5.74) is 0.748. The van der Waals surface area contributed by atoms with Crippen molar-refractivity contribution in [1.29, 1.82) is 0 Å². The molecule has 1 atom stereocenters. The summed E-state index contributed by atoms with van der Waals surface area (Å²) in [4.78, 5) is 12.0. The maximum atomic E-state index is 12.0. The third-order valence-corrected chi connectivity index (χ3v) is 6.66. The largest absolute Gasteiger partial charge is 0.493 e. The highest BCUT2D eigenvalue weighted by Gasteiger charge is 2.16. The first-order chi connectivity index (χ1) is 11.2. The molecule has 1 aliphatic rings. The molecule has 0 bridgehead atoms. The average molecular weight is 356 g/mol. The zero-order valence-electron chi connectivity index (χ0n) is 13.8. The minimum absolute atomic E-state index is 0.0599. The van der Waals surface area contributed by atoms with Crippen molar-refractivity contribution in [3.05, 3.63) is 18.2 Å². The fourth-order valence-electron chi connectivity index (χ4n) is 2.47. The van der Waals surface area contributed by atoms with Crippen LogP contribution in [0.5, 0.6) is 11.5 Å². The summed E-state index contributed by atoms with van der Waals surface area (Å²) in [5.74, 6) is 2.67. The number of hydrogen-bond acceptors (Lipinski definition) is 5. The molecular weight excluding hydrogens is 330 g/mol. The predicted molar refractivity (Wildman–Crippen MR) is 99.7 cm³/mol. The van der Waals surface area contributed by atoms with E-state index in [-0.39, 0.29) is 5.91 Å². The molecule has 1 aromatic rings. The topological polar surface area (TPSA) is 47.6 Å². The molecule has 1 aliphatic heterocycles. The highest BCUT2D eigenvalue weighted by Crippen LogP contribution is 2.39. The molecule has 0 spiro atoms. The van der Waals surface area contributed by atoms with Crippen molar-refractivity contribution in [3.63, 3.8) is 0 Å². The van der Waals surface area contributed by atoms with E-state index in [2.05, 4.69) is 5.32 Å². The molecule has 2 rings (SSSR count). The van der Waals surface area contributed by atoms with Gasteiger partial charge in [-0.15, -0.1) is 0 Å². The summed E-state index contributed by atoms with van der Waals surface area (Å²) in [6, 6.07) is 5.47. The standard InChI is InChI=1S/C17H25NO3S2/c1-3-21-15-9-8-13(12-16(15)20-2)18-17(19)7-5-4-6-14-10-11-22-23-14/h8-9,12,14H,3-7,10-11H2,1-2H3,(H,18,19). The number of ether oxygens (including phenoxy) is 2. The Morgan fingerprint density at radius 1 is 1.35 bits per heavy atom. The summed E-state index contributed by atoms with van der Waals surface area (Å²) in [5, 5.41) is 3.72. The second-order valence-corrected chi connectivity index (χ2v) is 8.21. The van der Waals surface area contributed by atoms with E-state index in [1.165, 1.54) is 18.6 Å². The first-order valence-corrected chi connectivity index (χ1v) is 10.5. The van der Waals surface area contributed by atoms with E-state index < -0.39 is 0 Å². The van der Waals surface area contributed by atoms with Gasteiger partial charge in [0.05, 0.1) is 13.7 Å². The summed E-state index contributed by atoms with van der Waals surface area (Å²) in [6.45, 7) is 2.51. The molecular formula is C17H25NO3S2. The number of methoxy groups -OCH3 is 1. The van der Waals surface area contributed by atoms with E-state index in [0.717, 1.165) is 23.8 Å². The highest BCUT2D eigenvalue weighted by atomic mass is 33.1. The fraction of sp³-hybridized carbons (Fsp3) is 0.588. The predicted octanol–water partition coefficient (Wildman–Crippen LogP) is 4.75. The lowest BCUT2D eigenvalue weighted by molar-refractivity contribution is -0.116. The van der Waals surface area contributed by atoms with E-state index in [0.29, 0.717) is 24.5 Å². The minimum atomic E-state index is 0.0599. The van der Waals surface area contributed by atoms with Crippen LogP contribution in [0, 0.1) is 0 Å². The van der Waals surface area contributed by atoms with Crippen molar-refractivity contribution in [3.8, 4) is 11.5 Å². The van der Waals surface area contributed by atoms with Gasteiger partial charge in [0.2, 0.25) is 5.91 Å². The van der Waals surface area contributed by atoms with E-state index in [4.69, 9.17) is 9.47 Å². The summed E-state index contributed by atoms with van der Waals surface area (Å²) < 4.78 is 10.8. The number of nitrogens with one attached hydrogen (secondary N) is 1. The molecule has 23 heavy (non-hydrogen) atoms. The number of carbonyl (C=O) groups excluding carboxylic acids is 1. The van der Waals surface area contributed by atoms with Gasteiger partial charge in [0.25, 0.3) is 0 Å². The van der Waals surface area contributed by atoms with Gasteiger partial charge in [-0.1, -0.05) is 28.0 Å². The Bertz CT molecular complexity index is 505. The lowest BCUT2D eigenvalue weighted by Gasteiger charge is -2.12. The van der Waals surface area contributed by atoms with Crippen LogP contribution in [0.15, 0.2) is 18.2 Å². The normalized spacial score (nSPS) is 17.0. The molecule has 1 saturated heterocycles. The molecule has 4 nitrogen and oxygen atoms in total. The van der Waals surface area contributed by atoms with Gasteiger partial charge in [-0.2, -0.15) is 0 Å².